The van der Waals surface area contributed by atoms with Gasteiger partial charge in [0.2, 0.25) is 5.91 Å². The van der Waals surface area contributed by atoms with E-state index < -0.39 is 5.67 Å². The Morgan fingerprint density at radius 3 is 2.44 bits per heavy atom. The van der Waals surface area contributed by atoms with Gasteiger partial charge in [0.15, 0.2) is 0 Å². The molecular formula is C29H38FN3O3. The molecule has 2 amide bonds. The maximum Gasteiger partial charge on any atom is 0.258 e. The Morgan fingerprint density at radius 1 is 1.06 bits per heavy atom. The Kier molecular flexibility index (Phi) is 8.75. The van der Waals surface area contributed by atoms with E-state index in [4.69, 9.17) is 4.74 Å². The number of nitrogens with zero attached hydrogens (tertiary/aromatic N) is 1. The second-order valence-electron chi connectivity index (χ2n) is 10.6. The smallest absolute Gasteiger partial charge is 0.258 e. The molecule has 2 N–H and O–H groups in total. The Morgan fingerprint density at radius 2 is 1.78 bits per heavy atom. The predicted octanol–water partition coefficient (Wildman–Crippen LogP) is 4.59. The van der Waals surface area contributed by atoms with Gasteiger partial charge < -0.3 is 15.0 Å². The molecule has 2 aliphatic rings. The molecule has 194 valence electrons. The highest BCUT2D eigenvalue weighted by molar-refractivity contribution is 6.09. The van der Waals surface area contributed by atoms with Crippen molar-refractivity contribution >= 4 is 11.8 Å². The summed E-state index contributed by atoms with van der Waals surface area (Å²) in [6, 6.07) is 14.7. The number of ether oxygens (including phenoxy) is 1. The summed E-state index contributed by atoms with van der Waals surface area (Å²) >= 11 is 0. The molecule has 2 fully saturated rings. The van der Waals surface area contributed by atoms with Gasteiger partial charge in [-0.05, 0) is 94.4 Å². The lowest BCUT2D eigenvalue weighted by Crippen LogP contribution is -2.48. The molecule has 7 heteroatoms. The molecule has 0 bridgehead atoms. The fourth-order valence-electron chi connectivity index (χ4n) is 5.06. The Labute approximate surface area is 213 Å². The number of halogens is 1. The first-order valence-electron chi connectivity index (χ1n) is 13.1. The van der Waals surface area contributed by atoms with Crippen molar-refractivity contribution < 1.29 is 18.7 Å². The monoisotopic (exact) mass is 495 g/mol. The SMILES string of the molecule is CC(C)(F)CN1CCC(COc2ccc(-c3ccccc3C(=O)NC(=O)[C@@H]3CCCCN3)cc2)CC1. The maximum atomic E-state index is 13.9. The first kappa shape index (κ1) is 26.3. The maximum absolute atomic E-state index is 13.9. The van der Waals surface area contributed by atoms with Gasteiger partial charge in [0.1, 0.15) is 11.4 Å². The molecule has 4 rings (SSSR count). The number of imide groups is 1. The average molecular weight is 496 g/mol. The van der Waals surface area contributed by atoms with Crippen LogP contribution in [0.2, 0.25) is 0 Å². The number of carbonyl (C=O) groups is 2. The molecule has 0 aliphatic carbocycles. The Bertz CT molecular complexity index is 1020. The molecule has 0 unspecified atom stereocenters. The summed E-state index contributed by atoms with van der Waals surface area (Å²) in [5.41, 5.74) is 0.970. The molecule has 2 heterocycles. The van der Waals surface area contributed by atoms with Gasteiger partial charge in [0.25, 0.3) is 5.91 Å². The van der Waals surface area contributed by atoms with E-state index in [1.807, 2.05) is 36.4 Å². The normalized spacial score (nSPS) is 19.6. The van der Waals surface area contributed by atoms with Crippen molar-refractivity contribution in [2.75, 3.05) is 32.8 Å². The van der Waals surface area contributed by atoms with Crippen molar-refractivity contribution in [3.8, 4) is 16.9 Å². The van der Waals surface area contributed by atoms with Crippen LogP contribution in [0.4, 0.5) is 4.39 Å². The number of nitrogens with one attached hydrogen (secondary N) is 2. The molecule has 0 aromatic heterocycles. The van der Waals surface area contributed by atoms with Gasteiger partial charge in [-0.15, -0.1) is 0 Å². The molecule has 2 aliphatic heterocycles. The zero-order valence-corrected chi connectivity index (χ0v) is 21.4. The summed E-state index contributed by atoms with van der Waals surface area (Å²) in [4.78, 5) is 27.6. The van der Waals surface area contributed by atoms with Gasteiger partial charge in [-0.25, -0.2) is 4.39 Å². The molecule has 2 aromatic rings. The molecule has 2 saturated heterocycles. The topological polar surface area (TPSA) is 70.7 Å². The second-order valence-corrected chi connectivity index (χ2v) is 10.6. The predicted molar refractivity (Wildman–Crippen MR) is 140 cm³/mol. The lowest BCUT2D eigenvalue weighted by molar-refractivity contribution is -0.122. The van der Waals surface area contributed by atoms with E-state index in [1.54, 1.807) is 26.0 Å². The summed E-state index contributed by atoms with van der Waals surface area (Å²) in [5.74, 6) is 0.596. The number of carbonyl (C=O) groups excluding carboxylic acids is 2. The van der Waals surface area contributed by atoms with Crippen molar-refractivity contribution in [2.24, 2.45) is 5.92 Å². The minimum atomic E-state index is -1.16. The van der Waals surface area contributed by atoms with Crippen molar-refractivity contribution in [3.63, 3.8) is 0 Å². The van der Waals surface area contributed by atoms with Gasteiger partial charge >= 0.3 is 0 Å². The van der Waals surface area contributed by atoms with Crippen LogP contribution in [-0.2, 0) is 4.79 Å². The number of piperidine rings is 2. The highest BCUT2D eigenvalue weighted by Crippen LogP contribution is 2.27. The van der Waals surface area contributed by atoms with Gasteiger partial charge in [0, 0.05) is 12.1 Å². The highest BCUT2D eigenvalue weighted by atomic mass is 19.1. The van der Waals surface area contributed by atoms with Crippen LogP contribution in [0.15, 0.2) is 48.5 Å². The van der Waals surface area contributed by atoms with Gasteiger partial charge in [0.05, 0.1) is 12.6 Å². The van der Waals surface area contributed by atoms with Crippen LogP contribution in [0.25, 0.3) is 11.1 Å². The summed E-state index contributed by atoms with van der Waals surface area (Å²) < 4.78 is 19.9. The summed E-state index contributed by atoms with van der Waals surface area (Å²) in [6.45, 7) is 6.98. The standard InChI is InChI=1S/C29H38FN3O3/c1-29(2,30)20-33-17-14-21(15-18-33)19-36-23-12-10-22(11-13-23)24-7-3-4-8-25(24)27(34)32-28(35)26-9-5-6-16-31-26/h3-4,7-8,10-13,21,26,31H,5-6,9,14-20H2,1-2H3,(H,32,34,35)/t26-/m0/s1. The zero-order valence-electron chi connectivity index (χ0n) is 21.4. The van der Waals surface area contributed by atoms with E-state index in [1.165, 1.54) is 0 Å². The third-order valence-corrected chi connectivity index (χ3v) is 6.99. The van der Waals surface area contributed by atoms with Gasteiger partial charge in [-0.1, -0.05) is 36.8 Å². The molecule has 2 aromatic carbocycles. The van der Waals surface area contributed by atoms with Crippen LogP contribution in [0, 0.1) is 5.92 Å². The Balaban J connectivity index is 1.32. The average Bonchev–Trinajstić information content (AvgIpc) is 2.88. The second kappa shape index (κ2) is 12.0. The number of rotatable bonds is 8. The first-order valence-corrected chi connectivity index (χ1v) is 13.1. The van der Waals surface area contributed by atoms with E-state index in [0.717, 1.165) is 68.6 Å². The fourth-order valence-corrected chi connectivity index (χ4v) is 5.06. The molecular weight excluding hydrogens is 457 g/mol. The Hall–Kier alpha value is -2.77. The number of hydrogen-bond donors (Lipinski definition) is 2. The van der Waals surface area contributed by atoms with E-state index in [0.29, 0.717) is 24.6 Å². The van der Waals surface area contributed by atoms with E-state index >= 15 is 0 Å². The molecule has 1 atom stereocenters. The van der Waals surface area contributed by atoms with Crippen LogP contribution in [0.1, 0.15) is 56.3 Å². The van der Waals surface area contributed by atoms with Crippen LogP contribution in [-0.4, -0.2) is 61.2 Å². The molecule has 0 spiro atoms. The lowest BCUT2D eigenvalue weighted by Gasteiger charge is -2.34. The quantitative estimate of drug-likeness (QED) is 0.524. The number of amides is 2. The minimum absolute atomic E-state index is 0.266. The fraction of sp³-hybridized carbons (Fsp3) is 0.517. The van der Waals surface area contributed by atoms with Crippen molar-refractivity contribution in [3.05, 3.63) is 54.1 Å². The number of likely N-dealkylation sites (tertiary alicyclic amines) is 1. The number of alkyl halides is 1. The van der Waals surface area contributed by atoms with Crippen molar-refractivity contribution in [2.45, 2.75) is 57.7 Å². The van der Waals surface area contributed by atoms with Gasteiger partial charge in [-0.3, -0.25) is 14.9 Å². The van der Waals surface area contributed by atoms with E-state index in [9.17, 15) is 14.0 Å². The summed E-state index contributed by atoms with van der Waals surface area (Å²) in [6.07, 6.45) is 4.80. The lowest BCUT2D eigenvalue weighted by atomic mass is 9.96. The van der Waals surface area contributed by atoms with Gasteiger partial charge in [-0.2, -0.15) is 0 Å². The summed E-state index contributed by atoms with van der Waals surface area (Å²) in [7, 11) is 0. The number of hydrogen-bond acceptors (Lipinski definition) is 5. The third-order valence-electron chi connectivity index (χ3n) is 6.99. The highest BCUT2D eigenvalue weighted by Gasteiger charge is 2.26. The van der Waals surface area contributed by atoms with Crippen LogP contribution >= 0.6 is 0 Å². The minimum Gasteiger partial charge on any atom is -0.493 e. The zero-order chi connectivity index (χ0) is 25.5. The van der Waals surface area contributed by atoms with Crippen molar-refractivity contribution in [1.82, 2.24) is 15.5 Å². The molecule has 6 nitrogen and oxygen atoms in total. The van der Waals surface area contributed by atoms with E-state index in [-0.39, 0.29) is 17.9 Å². The van der Waals surface area contributed by atoms with Crippen LogP contribution in [0.3, 0.4) is 0 Å². The van der Waals surface area contributed by atoms with Crippen LogP contribution < -0.4 is 15.4 Å². The summed E-state index contributed by atoms with van der Waals surface area (Å²) in [5, 5.41) is 5.75. The van der Waals surface area contributed by atoms with Crippen molar-refractivity contribution in [1.29, 1.82) is 0 Å². The number of benzene rings is 2. The largest absolute Gasteiger partial charge is 0.493 e. The molecule has 36 heavy (non-hydrogen) atoms. The van der Waals surface area contributed by atoms with E-state index in [2.05, 4.69) is 15.5 Å². The first-order chi connectivity index (χ1) is 17.3. The molecule has 0 radical (unpaired) electrons. The van der Waals surface area contributed by atoms with Crippen LogP contribution in [0.5, 0.6) is 5.75 Å². The molecule has 0 saturated carbocycles. The third kappa shape index (κ3) is 7.37.